The molecule has 134 valence electrons. The number of ether oxygens (including phenoxy) is 1. The second kappa shape index (κ2) is 6.41. The molecule has 0 unspecified atom stereocenters. The Labute approximate surface area is 148 Å². The lowest BCUT2D eigenvalue weighted by Crippen LogP contribution is -2.45. The van der Waals surface area contributed by atoms with Crippen molar-refractivity contribution in [1.82, 2.24) is 19.7 Å². The van der Waals surface area contributed by atoms with Gasteiger partial charge in [0.15, 0.2) is 5.65 Å². The van der Waals surface area contributed by atoms with Crippen LogP contribution in [0.15, 0.2) is 12.3 Å². The van der Waals surface area contributed by atoms with Gasteiger partial charge in [0.1, 0.15) is 0 Å². The largest absolute Gasteiger partial charge is 0.375 e. The van der Waals surface area contributed by atoms with Gasteiger partial charge in [-0.15, -0.1) is 0 Å². The molecular weight excluding hydrogens is 316 g/mol. The fraction of sp³-hybridized carbons (Fsp3) is 0.632. The molecule has 1 amide bonds. The topological polar surface area (TPSA) is 60.2 Å². The highest BCUT2D eigenvalue weighted by Gasteiger charge is 2.30. The lowest BCUT2D eigenvalue weighted by molar-refractivity contribution is -0.0225. The van der Waals surface area contributed by atoms with Gasteiger partial charge in [-0.05, 0) is 39.2 Å². The van der Waals surface area contributed by atoms with E-state index in [0.717, 1.165) is 41.6 Å². The molecule has 2 aromatic rings. The zero-order valence-corrected chi connectivity index (χ0v) is 15.2. The summed E-state index contributed by atoms with van der Waals surface area (Å²) in [5.41, 5.74) is 2.62. The quantitative estimate of drug-likeness (QED) is 0.856. The fourth-order valence-electron chi connectivity index (χ4n) is 3.50. The Bertz CT molecular complexity index is 794. The first-order valence-electron chi connectivity index (χ1n) is 9.37. The summed E-state index contributed by atoms with van der Waals surface area (Å²) < 4.78 is 7.64. The van der Waals surface area contributed by atoms with E-state index in [2.05, 4.69) is 25.9 Å². The Kier molecular flexibility index (Phi) is 4.23. The van der Waals surface area contributed by atoms with Crippen molar-refractivity contribution in [3.8, 4) is 0 Å². The average Bonchev–Trinajstić information content (AvgIpc) is 3.39. The van der Waals surface area contributed by atoms with E-state index in [0.29, 0.717) is 25.6 Å². The van der Waals surface area contributed by atoms with Crippen LogP contribution >= 0.6 is 0 Å². The van der Waals surface area contributed by atoms with Gasteiger partial charge in [-0.3, -0.25) is 4.79 Å². The third-order valence-corrected chi connectivity index (χ3v) is 5.18. The summed E-state index contributed by atoms with van der Waals surface area (Å²) in [5.74, 6) is 0.582. The minimum Gasteiger partial charge on any atom is -0.375 e. The number of fused-ring (bicyclic) bond motifs is 1. The van der Waals surface area contributed by atoms with Crippen molar-refractivity contribution in [3.63, 3.8) is 0 Å². The maximum absolute atomic E-state index is 13.3. The van der Waals surface area contributed by atoms with Crippen LogP contribution in [0.4, 0.5) is 0 Å². The predicted octanol–water partition coefficient (Wildman–Crippen LogP) is 3.14. The number of hydrogen-bond acceptors (Lipinski definition) is 4. The SMILES string of the molecule is CC[C@H]1CN(C(=O)c2cc(C3CC3)nc3c2cnn3C(C)C)CCO1. The van der Waals surface area contributed by atoms with Gasteiger partial charge in [-0.2, -0.15) is 5.10 Å². The predicted molar refractivity (Wildman–Crippen MR) is 95.8 cm³/mol. The second-order valence-corrected chi connectivity index (χ2v) is 7.44. The molecule has 0 bridgehead atoms. The van der Waals surface area contributed by atoms with Crippen LogP contribution in [0.2, 0.25) is 0 Å². The van der Waals surface area contributed by atoms with E-state index in [1.807, 2.05) is 15.6 Å². The molecule has 25 heavy (non-hydrogen) atoms. The number of morpholine rings is 1. The van der Waals surface area contributed by atoms with Gasteiger partial charge in [0.05, 0.1) is 29.9 Å². The highest BCUT2D eigenvalue weighted by molar-refractivity contribution is 6.05. The Morgan fingerprint density at radius 1 is 1.40 bits per heavy atom. The lowest BCUT2D eigenvalue weighted by Gasteiger charge is -2.32. The summed E-state index contributed by atoms with van der Waals surface area (Å²) in [5, 5.41) is 5.36. The van der Waals surface area contributed by atoms with Crippen molar-refractivity contribution in [2.75, 3.05) is 19.7 Å². The molecule has 2 aromatic heterocycles. The highest BCUT2D eigenvalue weighted by Crippen LogP contribution is 2.40. The van der Waals surface area contributed by atoms with E-state index in [1.54, 1.807) is 6.20 Å². The third kappa shape index (κ3) is 3.03. The van der Waals surface area contributed by atoms with Gasteiger partial charge >= 0.3 is 0 Å². The Morgan fingerprint density at radius 3 is 2.88 bits per heavy atom. The molecule has 6 nitrogen and oxygen atoms in total. The van der Waals surface area contributed by atoms with Gasteiger partial charge in [0, 0.05) is 30.7 Å². The molecule has 1 atom stereocenters. The molecule has 0 N–H and O–H groups in total. The molecule has 0 aromatic carbocycles. The number of carbonyl (C=O) groups excluding carboxylic acids is 1. The highest BCUT2D eigenvalue weighted by atomic mass is 16.5. The third-order valence-electron chi connectivity index (χ3n) is 5.18. The first-order valence-corrected chi connectivity index (χ1v) is 9.37. The first-order chi connectivity index (χ1) is 12.1. The van der Waals surface area contributed by atoms with Crippen LogP contribution < -0.4 is 0 Å². The molecule has 0 spiro atoms. The minimum atomic E-state index is 0.0827. The van der Waals surface area contributed by atoms with Crippen LogP contribution in [0.5, 0.6) is 0 Å². The molecule has 1 saturated carbocycles. The van der Waals surface area contributed by atoms with Gasteiger partial charge in [0.2, 0.25) is 0 Å². The average molecular weight is 342 g/mol. The van der Waals surface area contributed by atoms with E-state index in [-0.39, 0.29) is 18.1 Å². The summed E-state index contributed by atoms with van der Waals surface area (Å²) in [4.78, 5) is 20.0. The number of aromatic nitrogens is 3. The number of rotatable bonds is 4. The summed E-state index contributed by atoms with van der Waals surface area (Å²) in [6, 6.07) is 2.22. The van der Waals surface area contributed by atoms with E-state index < -0.39 is 0 Å². The summed E-state index contributed by atoms with van der Waals surface area (Å²) >= 11 is 0. The standard InChI is InChI=1S/C19H26N4O2/c1-4-14-11-22(7-8-25-14)19(24)15-9-17(13-5-6-13)21-18-16(15)10-20-23(18)12(2)3/h9-10,12-14H,4-8,11H2,1-3H3/t14-/m0/s1. The Morgan fingerprint density at radius 2 is 2.20 bits per heavy atom. The van der Waals surface area contributed by atoms with Gasteiger partial charge < -0.3 is 9.64 Å². The van der Waals surface area contributed by atoms with Gasteiger partial charge in [-0.1, -0.05) is 6.92 Å². The second-order valence-electron chi connectivity index (χ2n) is 7.44. The van der Waals surface area contributed by atoms with Crippen molar-refractivity contribution < 1.29 is 9.53 Å². The number of carbonyl (C=O) groups is 1. The van der Waals surface area contributed by atoms with E-state index >= 15 is 0 Å². The van der Waals surface area contributed by atoms with Crippen LogP contribution in [0.1, 0.15) is 68.0 Å². The fourth-order valence-corrected chi connectivity index (χ4v) is 3.50. The molecule has 1 aliphatic carbocycles. The van der Waals surface area contributed by atoms with Crippen LogP contribution in [0.3, 0.4) is 0 Å². The molecule has 4 rings (SSSR count). The van der Waals surface area contributed by atoms with Crippen molar-refractivity contribution in [2.24, 2.45) is 0 Å². The number of amides is 1. The van der Waals surface area contributed by atoms with E-state index in [9.17, 15) is 4.79 Å². The monoisotopic (exact) mass is 342 g/mol. The van der Waals surface area contributed by atoms with Crippen LogP contribution in [0, 0.1) is 0 Å². The first kappa shape index (κ1) is 16.5. The minimum absolute atomic E-state index is 0.0827. The van der Waals surface area contributed by atoms with Crippen molar-refractivity contribution in [2.45, 2.75) is 58.1 Å². The molecule has 3 heterocycles. The van der Waals surface area contributed by atoms with Crippen LogP contribution in [-0.4, -0.2) is 51.4 Å². The Hall–Kier alpha value is -1.95. The molecule has 0 radical (unpaired) electrons. The van der Waals surface area contributed by atoms with E-state index in [4.69, 9.17) is 9.72 Å². The molecule has 1 saturated heterocycles. The molecule has 2 fully saturated rings. The molecule has 1 aliphatic heterocycles. The Balaban J connectivity index is 1.76. The normalized spacial score (nSPS) is 21.3. The van der Waals surface area contributed by atoms with Crippen molar-refractivity contribution >= 4 is 16.9 Å². The van der Waals surface area contributed by atoms with Crippen LogP contribution in [0.25, 0.3) is 11.0 Å². The van der Waals surface area contributed by atoms with Crippen molar-refractivity contribution in [1.29, 1.82) is 0 Å². The zero-order valence-electron chi connectivity index (χ0n) is 15.2. The smallest absolute Gasteiger partial charge is 0.254 e. The summed E-state index contributed by atoms with van der Waals surface area (Å²) in [7, 11) is 0. The van der Waals surface area contributed by atoms with Crippen LogP contribution in [-0.2, 0) is 4.74 Å². The maximum Gasteiger partial charge on any atom is 0.254 e. The van der Waals surface area contributed by atoms with Gasteiger partial charge in [-0.25, -0.2) is 9.67 Å². The van der Waals surface area contributed by atoms with Crippen molar-refractivity contribution in [3.05, 3.63) is 23.5 Å². The summed E-state index contributed by atoms with van der Waals surface area (Å²) in [6.07, 6.45) is 5.18. The number of hydrogen-bond donors (Lipinski definition) is 0. The molecule has 6 heteroatoms. The summed E-state index contributed by atoms with van der Waals surface area (Å²) in [6.45, 7) is 8.20. The maximum atomic E-state index is 13.3. The lowest BCUT2D eigenvalue weighted by atomic mass is 10.1. The number of nitrogens with zero attached hydrogens (tertiary/aromatic N) is 4. The van der Waals surface area contributed by atoms with E-state index in [1.165, 1.54) is 0 Å². The molecular formula is C19H26N4O2. The number of pyridine rings is 1. The van der Waals surface area contributed by atoms with Gasteiger partial charge in [0.25, 0.3) is 5.91 Å². The zero-order chi connectivity index (χ0) is 17.6. The molecule has 2 aliphatic rings.